The summed E-state index contributed by atoms with van der Waals surface area (Å²) in [7, 11) is 0. The van der Waals surface area contributed by atoms with E-state index in [0.29, 0.717) is 30.7 Å². The number of carbonyl (C=O) groups excluding carboxylic acids is 1. The summed E-state index contributed by atoms with van der Waals surface area (Å²) in [6.45, 7) is 5.96. The third-order valence-electron chi connectivity index (χ3n) is 4.31. The van der Waals surface area contributed by atoms with Crippen LogP contribution in [0.15, 0.2) is 18.2 Å². The molecule has 5 nitrogen and oxygen atoms in total. The first kappa shape index (κ1) is 14.2. The number of phenols is 1. The van der Waals surface area contributed by atoms with Gasteiger partial charge in [0.05, 0.1) is 6.61 Å². The highest BCUT2D eigenvalue weighted by molar-refractivity contribution is 5.78. The van der Waals surface area contributed by atoms with Crippen molar-refractivity contribution in [3.8, 4) is 11.5 Å². The fraction of sp³-hybridized carbons (Fsp3) is 0.562. The van der Waals surface area contributed by atoms with E-state index in [0.717, 1.165) is 38.2 Å². The Bertz CT molecular complexity index is 532. The first-order chi connectivity index (χ1) is 10.2. The van der Waals surface area contributed by atoms with Crippen LogP contribution in [0.5, 0.6) is 11.5 Å². The number of piperazine rings is 1. The fourth-order valence-corrected chi connectivity index (χ4v) is 3.26. The molecular weight excluding hydrogens is 268 g/mol. The molecule has 0 radical (unpaired) electrons. The average Bonchev–Trinajstić information content (AvgIpc) is 2.84. The van der Waals surface area contributed by atoms with Crippen molar-refractivity contribution in [3.05, 3.63) is 23.8 Å². The van der Waals surface area contributed by atoms with Crippen molar-refractivity contribution in [3.63, 3.8) is 0 Å². The van der Waals surface area contributed by atoms with Crippen LogP contribution < -0.4 is 4.74 Å². The summed E-state index contributed by atoms with van der Waals surface area (Å²) < 4.78 is 5.43. The molecule has 0 aliphatic carbocycles. The number of rotatable bonds is 4. The second-order valence-corrected chi connectivity index (χ2v) is 5.75. The highest BCUT2D eigenvalue weighted by Crippen LogP contribution is 2.28. The van der Waals surface area contributed by atoms with Crippen molar-refractivity contribution in [2.45, 2.75) is 32.4 Å². The number of amides is 1. The number of hydrogen-bond acceptors (Lipinski definition) is 4. The molecule has 0 saturated carbocycles. The van der Waals surface area contributed by atoms with Gasteiger partial charge in [0.1, 0.15) is 0 Å². The lowest BCUT2D eigenvalue weighted by atomic mass is 10.1. The summed E-state index contributed by atoms with van der Waals surface area (Å²) in [6, 6.07) is 5.92. The van der Waals surface area contributed by atoms with E-state index in [1.54, 1.807) is 6.07 Å². The van der Waals surface area contributed by atoms with Crippen molar-refractivity contribution >= 4 is 5.91 Å². The number of hydrogen-bond donors (Lipinski definition) is 1. The summed E-state index contributed by atoms with van der Waals surface area (Å²) in [5.41, 5.74) is 1.13. The van der Waals surface area contributed by atoms with E-state index in [4.69, 9.17) is 4.74 Å². The lowest BCUT2D eigenvalue weighted by Gasteiger charge is -2.37. The first-order valence-electron chi connectivity index (χ1n) is 7.64. The van der Waals surface area contributed by atoms with Gasteiger partial charge < -0.3 is 14.7 Å². The number of carbonyl (C=O) groups is 1. The summed E-state index contributed by atoms with van der Waals surface area (Å²) in [6.07, 6.45) is 1.68. The first-order valence-corrected chi connectivity index (χ1v) is 7.64. The van der Waals surface area contributed by atoms with Gasteiger partial charge >= 0.3 is 0 Å². The molecule has 0 spiro atoms. The van der Waals surface area contributed by atoms with Crippen LogP contribution in [-0.2, 0) is 11.3 Å². The molecule has 114 valence electrons. The zero-order chi connectivity index (χ0) is 14.8. The maximum atomic E-state index is 11.7. The van der Waals surface area contributed by atoms with Gasteiger partial charge in [-0.2, -0.15) is 0 Å². The molecule has 5 heteroatoms. The standard InChI is InChI=1S/C16H22N2O3/c1-2-21-15-9-12(3-5-14(15)19)10-17-7-8-18-13(11-17)4-6-16(18)20/h3,5,9,13,19H,2,4,6-8,10-11H2,1H3. The van der Waals surface area contributed by atoms with E-state index in [-0.39, 0.29) is 5.75 Å². The van der Waals surface area contributed by atoms with Gasteiger partial charge in [-0.25, -0.2) is 0 Å². The molecule has 2 heterocycles. The Labute approximate surface area is 125 Å². The lowest BCUT2D eigenvalue weighted by Crippen LogP contribution is -2.50. The minimum Gasteiger partial charge on any atom is -0.504 e. The SMILES string of the molecule is CCOc1cc(CN2CCN3C(=O)CCC3C2)ccc1O. The lowest BCUT2D eigenvalue weighted by molar-refractivity contribution is -0.130. The zero-order valence-corrected chi connectivity index (χ0v) is 12.4. The van der Waals surface area contributed by atoms with Crippen LogP contribution >= 0.6 is 0 Å². The van der Waals surface area contributed by atoms with Crippen molar-refractivity contribution < 1.29 is 14.6 Å². The predicted octanol–water partition coefficient (Wildman–Crippen LogP) is 1.60. The molecule has 1 amide bonds. The van der Waals surface area contributed by atoms with Crippen LogP contribution in [0.3, 0.4) is 0 Å². The Balaban J connectivity index is 1.64. The maximum absolute atomic E-state index is 11.7. The monoisotopic (exact) mass is 290 g/mol. The van der Waals surface area contributed by atoms with Crippen LogP contribution in [-0.4, -0.2) is 53.1 Å². The van der Waals surface area contributed by atoms with E-state index in [9.17, 15) is 9.90 Å². The van der Waals surface area contributed by atoms with Crippen molar-refractivity contribution in [1.29, 1.82) is 0 Å². The van der Waals surface area contributed by atoms with Gasteiger partial charge in [0.15, 0.2) is 11.5 Å². The molecule has 2 aliphatic rings. The number of phenolic OH excluding ortho intramolecular Hbond substituents is 1. The molecule has 1 N–H and O–H groups in total. The number of aromatic hydroxyl groups is 1. The molecule has 0 bridgehead atoms. The minimum atomic E-state index is 0.187. The van der Waals surface area contributed by atoms with Gasteiger partial charge in [-0.05, 0) is 31.0 Å². The van der Waals surface area contributed by atoms with Crippen LogP contribution in [0.1, 0.15) is 25.3 Å². The Morgan fingerprint density at radius 1 is 1.38 bits per heavy atom. The van der Waals surface area contributed by atoms with Crippen LogP contribution in [0, 0.1) is 0 Å². The van der Waals surface area contributed by atoms with Gasteiger partial charge in [-0.15, -0.1) is 0 Å². The topological polar surface area (TPSA) is 53.0 Å². The molecule has 2 aliphatic heterocycles. The van der Waals surface area contributed by atoms with Crippen LogP contribution in [0.4, 0.5) is 0 Å². The Kier molecular flexibility index (Phi) is 4.01. The van der Waals surface area contributed by atoms with Crippen LogP contribution in [0.25, 0.3) is 0 Å². The highest BCUT2D eigenvalue weighted by atomic mass is 16.5. The maximum Gasteiger partial charge on any atom is 0.222 e. The van der Waals surface area contributed by atoms with Crippen molar-refractivity contribution in [2.75, 3.05) is 26.2 Å². The Hall–Kier alpha value is -1.75. The van der Waals surface area contributed by atoms with Gasteiger partial charge in [-0.3, -0.25) is 9.69 Å². The number of benzene rings is 1. The average molecular weight is 290 g/mol. The van der Waals surface area contributed by atoms with E-state index in [1.807, 2.05) is 24.0 Å². The van der Waals surface area contributed by atoms with Gasteiger partial charge in [-0.1, -0.05) is 6.07 Å². The highest BCUT2D eigenvalue weighted by Gasteiger charge is 2.35. The normalized spacial score (nSPS) is 22.4. The number of nitrogens with zero attached hydrogens (tertiary/aromatic N) is 2. The third-order valence-corrected chi connectivity index (χ3v) is 4.31. The minimum absolute atomic E-state index is 0.187. The summed E-state index contributed by atoms with van der Waals surface area (Å²) >= 11 is 0. The molecule has 1 aromatic rings. The smallest absolute Gasteiger partial charge is 0.222 e. The van der Waals surface area contributed by atoms with Crippen molar-refractivity contribution in [2.24, 2.45) is 0 Å². The van der Waals surface area contributed by atoms with Gasteiger partial charge in [0.25, 0.3) is 0 Å². The molecule has 1 aromatic carbocycles. The zero-order valence-electron chi connectivity index (χ0n) is 12.4. The summed E-state index contributed by atoms with van der Waals surface area (Å²) in [4.78, 5) is 16.1. The van der Waals surface area contributed by atoms with Crippen molar-refractivity contribution in [1.82, 2.24) is 9.80 Å². The Morgan fingerprint density at radius 2 is 2.24 bits per heavy atom. The molecule has 3 rings (SSSR count). The molecule has 2 saturated heterocycles. The Morgan fingerprint density at radius 3 is 3.05 bits per heavy atom. The number of fused-ring (bicyclic) bond motifs is 1. The fourth-order valence-electron chi connectivity index (χ4n) is 3.26. The van der Waals surface area contributed by atoms with E-state index in [1.165, 1.54) is 0 Å². The number of ether oxygens (including phenoxy) is 1. The summed E-state index contributed by atoms with van der Waals surface area (Å²) in [5, 5.41) is 9.74. The van der Waals surface area contributed by atoms with E-state index >= 15 is 0 Å². The molecular formula is C16H22N2O3. The molecule has 1 atom stereocenters. The quantitative estimate of drug-likeness (QED) is 0.915. The van der Waals surface area contributed by atoms with E-state index in [2.05, 4.69) is 4.90 Å². The second-order valence-electron chi connectivity index (χ2n) is 5.75. The largest absolute Gasteiger partial charge is 0.504 e. The second kappa shape index (κ2) is 5.93. The third kappa shape index (κ3) is 2.97. The molecule has 1 unspecified atom stereocenters. The molecule has 2 fully saturated rings. The molecule has 21 heavy (non-hydrogen) atoms. The molecule has 0 aromatic heterocycles. The van der Waals surface area contributed by atoms with E-state index < -0.39 is 0 Å². The van der Waals surface area contributed by atoms with Crippen LogP contribution in [0.2, 0.25) is 0 Å². The predicted molar refractivity (Wildman–Crippen MR) is 79.3 cm³/mol. The van der Waals surface area contributed by atoms with Gasteiger partial charge in [0, 0.05) is 38.6 Å². The van der Waals surface area contributed by atoms with Gasteiger partial charge in [0.2, 0.25) is 5.91 Å². The summed E-state index contributed by atoms with van der Waals surface area (Å²) in [5.74, 6) is 1.04.